The minimum absolute atomic E-state index is 0.0604. The summed E-state index contributed by atoms with van der Waals surface area (Å²) >= 11 is 0. The molecule has 0 aliphatic heterocycles. The molecule has 0 aromatic heterocycles. The van der Waals surface area contributed by atoms with Gasteiger partial charge in [-0.25, -0.2) is 4.39 Å². The molecule has 2 nitrogen and oxygen atoms in total. The Morgan fingerprint density at radius 2 is 2.56 bits per heavy atom. The number of amides is 1. The summed E-state index contributed by atoms with van der Waals surface area (Å²) < 4.78 is 11.9. The number of hydrogen-bond acceptors (Lipinski definition) is 1. The van der Waals surface area contributed by atoms with Crippen molar-refractivity contribution in [2.24, 2.45) is 0 Å². The van der Waals surface area contributed by atoms with Gasteiger partial charge in [0.15, 0.2) is 0 Å². The second-order valence-corrected chi connectivity index (χ2v) is 1.73. The van der Waals surface area contributed by atoms with Crippen LogP contribution in [-0.2, 0) is 4.79 Å². The predicted octanol–water partition coefficient (Wildman–Crippen LogP) is 0.647. The molecule has 52 valence electrons. The van der Waals surface area contributed by atoms with E-state index >= 15 is 0 Å². The zero-order valence-electron chi connectivity index (χ0n) is 5.36. The van der Waals surface area contributed by atoms with Crippen molar-refractivity contribution in [2.75, 3.05) is 6.54 Å². The molecular formula is C6H10FNO. The van der Waals surface area contributed by atoms with Gasteiger partial charge >= 0.3 is 0 Å². The molecule has 0 saturated heterocycles. The van der Waals surface area contributed by atoms with Crippen molar-refractivity contribution in [3.63, 3.8) is 0 Å². The maximum atomic E-state index is 11.9. The van der Waals surface area contributed by atoms with Crippen LogP contribution in [0.25, 0.3) is 0 Å². The minimum Gasteiger partial charge on any atom is -0.350 e. The van der Waals surface area contributed by atoms with Crippen LogP contribution in [0, 0.1) is 0 Å². The van der Waals surface area contributed by atoms with Gasteiger partial charge in [0.1, 0.15) is 6.17 Å². The number of alkyl halides is 1. The van der Waals surface area contributed by atoms with Crippen LogP contribution in [0.1, 0.15) is 6.92 Å². The van der Waals surface area contributed by atoms with Crippen LogP contribution in [0.15, 0.2) is 12.7 Å². The van der Waals surface area contributed by atoms with E-state index < -0.39 is 6.17 Å². The summed E-state index contributed by atoms with van der Waals surface area (Å²) in [5, 5.41) is 2.30. The van der Waals surface area contributed by atoms with Crippen molar-refractivity contribution in [3.8, 4) is 0 Å². The quantitative estimate of drug-likeness (QED) is 0.560. The maximum Gasteiger partial charge on any atom is 0.243 e. The molecule has 0 aromatic rings. The summed E-state index contributed by atoms with van der Waals surface area (Å²) in [6.07, 6.45) is 0.122. The van der Waals surface area contributed by atoms with Crippen LogP contribution in [0.5, 0.6) is 0 Å². The Balaban J connectivity index is 3.27. The van der Waals surface area contributed by atoms with E-state index in [1.54, 1.807) is 0 Å². The van der Waals surface area contributed by atoms with Crippen LogP contribution in [0.2, 0.25) is 0 Å². The van der Waals surface area contributed by atoms with E-state index in [9.17, 15) is 9.18 Å². The monoisotopic (exact) mass is 131 g/mol. The van der Waals surface area contributed by atoms with Crippen molar-refractivity contribution in [1.29, 1.82) is 0 Å². The van der Waals surface area contributed by atoms with Crippen LogP contribution in [0.4, 0.5) is 4.39 Å². The predicted molar refractivity (Wildman–Crippen MR) is 33.8 cm³/mol. The highest BCUT2D eigenvalue weighted by atomic mass is 19.1. The van der Waals surface area contributed by atoms with Crippen molar-refractivity contribution in [2.45, 2.75) is 13.1 Å². The molecule has 0 radical (unpaired) electrons. The zero-order chi connectivity index (χ0) is 7.28. The highest BCUT2D eigenvalue weighted by Gasteiger charge is 1.97. The standard InChI is InChI=1S/C6H10FNO/c1-3-6(9)8-4-5(2)7/h3,5H,1,4H2,2H3,(H,8,9). The normalized spacial score (nSPS) is 12.2. The van der Waals surface area contributed by atoms with Crippen molar-refractivity contribution < 1.29 is 9.18 Å². The first-order chi connectivity index (χ1) is 4.16. The van der Waals surface area contributed by atoms with Crippen molar-refractivity contribution in [1.82, 2.24) is 5.32 Å². The maximum absolute atomic E-state index is 11.9. The first kappa shape index (κ1) is 8.14. The fraction of sp³-hybridized carbons (Fsp3) is 0.500. The first-order valence-electron chi connectivity index (χ1n) is 2.71. The van der Waals surface area contributed by atoms with E-state index in [1.807, 2.05) is 0 Å². The number of halogens is 1. The SMILES string of the molecule is C=CC(=O)NCC(C)F. The molecule has 1 amide bonds. The second kappa shape index (κ2) is 4.06. The summed E-state index contributed by atoms with van der Waals surface area (Å²) in [7, 11) is 0. The van der Waals surface area contributed by atoms with Gasteiger partial charge in [-0.05, 0) is 13.0 Å². The summed E-state index contributed by atoms with van der Waals surface area (Å²) in [5.74, 6) is -0.334. The van der Waals surface area contributed by atoms with Gasteiger partial charge in [0, 0.05) is 6.54 Å². The molecule has 0 saturated carbocycles. The summed E-state index contributed by atoms with van der Waals surface area (Å²) in [6, 6.07) is 0. The van der Waals surface area contributed by atoms with Gasteiger partial charge in [-0.3, -0.25) is 4.79 Å². The molecule has 0 aliphatic rings. The molecular weight excluding hydrogens is 121 g/mol. The molecule has 3 heteroatoms. The Morgan fingerprint density at radius 1 is 2.00 bits per heavy atom. The van der Waals surface area contributed by atoms with E-state index in [0.717, 1.165) is 6.08 Å². The van der Waals surface area contributed by atoms with Gasteiger partial charge in [0.2, 0.25) is 5.91 Å². The van der Waals surface area contributed by atoms with Gasteiger partial charge in [-0.15, -0.1) is 0 Å². The van der Waals surface area contributed by atoms with E-state index in [4.69, 9.17) is 0 Å². The van der Waals surface area contributed by atoms with Gasteiger partial charge < -0.3 is 5.32 Å². The number of carbonyl (C=O) groups is 1. The zero-order valence-corrected chi connectivity index (χ0v) is 5.36. The molecule has 1 unspecified atom stereocenters. The molecule has 0 spiro atoms. The van der Waals surface area contributed by atoms with Crippen molar-refractivity contribution in [3.05, 3.63) is 12.7 Å². The van der Waals surface area contributed by atoms with E-state index in [1.165, 1.54) is 6.92 Å². The largest absolute Gasteiger partial charge is 0.350 e. The lowest BCUT2D eigenvalue weighted by Gasteiger charge is -2.00. The summed E-state index contributed by atoms with van der Waals surface area (Å²) in [4.78, 5) is 10.3. The number of carbonyl (C=O) groups excluding carboxylic acids is 1. The smallest absolute Gasteiger partial charge is 0.243 e. The van der Waals surface area contributed by atoms with E-state index in [-0.39, 0.29) is 12.5 Å². The van der Waals surface area contributed by atoms with Gasteiger partial charge in [0.05, 0.1) is 0 Å². The van der Waals surface area contributed by atoms with Crippen molar-refractivity contribution >= 4 is 5.91 Å². The van der Waals surface area contributed by atoms with Crippen LogP contribution in [0.3, 0.4) is 0 Å². The Morgan fingerprint density at radius 3 is 2.89 bits per heavy atom. The Labute approximate surface area is 53.8 Å². The average Bonchev–Trinajstić information content (AvgIpc) is 1.83. The third kappa shape index (κ3) is 5.00. The van der Waals surface area contributed by atoms with Crippen LogP contribution >= 0.6 is 0 Å². The van der Waals surface area contributed by atoms with Gasteiger partial charge in [-0.2, -0.15) is 0 Å². The number of hydrogen-bond donors (Lipinski definition) is 1. The van der Waals surface area contributed by atoms with Gasteiger partial charge in [0.25, 0.3) is 0 Å². The Kier molecular flexibility index (Phi) is 3.67. The lowest BCUT2D eigenvalue weighted by molar-refractivity contribution is -0.116. The number of rotatable bonds is 3. The van der Waals surface area contributed by atoms with Crippen LogP contribution < -0.4 is 5.32 Å². The van der Waals surface area contributed by atoms with E-state index in [0.29, 0.717) is 0 Å². The minimum atomic E-state index is -0.992. The second-order valence-electron chi connectivity index (χ2n) is 1.73. The van der Waals surface area contributed by atoms with Crippen LogP contribution in [-0.4, -0.2) is 18.6 Å². The Hall–Kier alpha value is -0.860. The van der Waals surface area contributed by atoms with Gasteiger partial charge in [-0.1, -0.05) is 6.58 Å². The fourth-order valence-electron chi connectivity index (χ4n) is 0.313. The highest BCUT2D eigenvalue weighted by molar-refractivity contribution is 5.86. The molecule has 0 rings (SSSR count). The Bertz CT molecular complexity index is 112. The molecule has 0 aromatic carbocycles. The number of nitrogens with one attached hydrogen (secondary N) is 1. The molecule has 9 heavy (non-hydrogen) atoms. The van der Waals surface area contributed by atoms with E-state index in [2.05, 4.69) is 11.9 Å². The molecule has 0 bridgehead atoms. The highest BCUT2D eigenvalue weighted by Crippen LogP contribution is 1.82. The summed E-state index contributed by atoms with van der Waals surface area (Å²) in [5.41, 5.74) is 0. The lowest BCUT2D eigenvalue weighted by Crippen LogP contribution is -2.26. The average molecular weight is 131 g/mol. The first-order valence-corrected chi connectivity index (χ1v) is 2.71. The molecule has 0 aliphatic carbocycles. The molecule has 1 atom stereocenters. The molecule has 0 heterocycles. The third-order valence-corrected chi connectivity index (χ3v) is 0.743. The molecule has 1 N–H and O–H groups in total. The lowest BCUT2D eigenvalue weighted by atomic mass is 10.4. The topological polar surface area (TPSA) is 29.1 Å². The fourth-order valence-corrected chi connectivity index (χ4v) is 0.313. The third-order valence-electron chi connectivity index (χ3n) is 0.743. The summed E-state index contributed by atoms with van der Waals surface area (Å²) in [6.45, 7) is 4.64. The molecule has 0 fully saturated rings.